The van der Waals surface area contributed by atoms with Gasteiger partial charge in [0.15, 0.2) is 6.61 Å². The molecule has 3 rings (SSSR count). The van der Waals surface area contributed by atoms with Crippen LogP contribution in [0.25, 0.3) is 11.0 Å². The number of carbonyl (C=O) groups is 2. The summed E-state index contributed by atoms with van der Waals surface area (Å²) in [5, 5.41) is 15.4. The van der Waals surface area contributed by atoms with Crippen molar-refractivity contribution in [3.8, 4) is 5.75 Å². The Labute approximate surface area is 179 Å². The molecule has 1 aliphatic rings. The summed E-state index contributed by atoms with van der Waals surface area (Å²) < 4.78 is 15.9. The van der Waals surface area contributed by atoms with Gasteiger partial charge in [0.25, 0.3) is 5.91 Å². The standard InChI is InChI=1S/C21H27N3O7/c1-14-10-20(27)31-18-11-15(2-3-16(14)18)30-13-19(26)23-17(12-25)21(28)22-4-5-24-6-8-29-9-7-24/h2-3,10-11,17,25H,4-9,12-13H2,1H3,(H,22,28)(H,23,26)/t17-/m0/s1. The molecule has 0 unspecified atom stereocenters. The molecule has 10 heteroatoms. The van der Waals surface area contributed by atoms with Gasteiger partial charge in [-0.3, -0.25) is 14.5 Å². The van der Waals surface area contributed by atoms with E-state index in [1.54, 1.807) is 19.1 Å². The zero-order valence-electron chi connectivity index (χ0n) is 17.4. The Hall–Kier alpha value is -2.95. The van der Waals surface area contributed by atoms with Crippen molar-refractivity contribution in [3.63, 3.8) is 0 Å². The van der Waals surface area contributed by atoms with E-state index in [-0.39, 0.29) is 6.61 Å². The van der Waals surface area contributed by atoms with Gasteiger partial charge in [0.05, 0.1) is 19.8 Å². The molecule has 1 aromatic carbocycles. The van der Waals surface area contributed by atoms with Crippen LogP contribution in [0.2, 0.25) is 0 Å². The molecule has 1 fully saturated rings. The van der Waals surface area contributed by atoms with Crippen molar-refractivity contribution in [1.82, 2.24) is 15.5 Å². The molecule has 168 valence electrons. The third-order valence-corrected chi connectivity index (χ3v) is 4.96. The van der Waals surface area contributed by atoms with Gasteiger partial charge in [-0.2, -0.15) is 0 Å². The van der Waals surface area contributed by atoms with Gasteiger partial charge in [-0.1, -0.05) is 0 Å². The summed E-state index contributed by atoms with van der Waals surface area (Å²) in [5.41, 5.74) is 0.669. The summed E-state index contributed by atoms with van der Waals surface area (Å²) in [5.74, 6) is -0.688. The molecule has 0 spiro atoms. The van der Waals surface area contributed by atoms with Crippen LogP contribution in [0.3, 0.4) is 0 Å². The monoisotopic (exact) mass is 433 g/mol. The molecule has 1 saturated heterocycles. The number of aliphatic hydroxyl groups excluding tert-OH is 1. The van der Waals surface area contributed by atoms with Crippen molar-refractivity contribution < 1.29 is 28.6 Å². The maximum atomic E-state index is 12.2. The van der Waals surface area contributed by atoms with Crippen molar-refractivity contribution in [2.75, 3.05) is 52.6 Å². The summed E-state index contributed by atoms with van der Waals surface area (Å²) in [7, 11) is 0. The highest BCUT2D eigenvalue weighted by atomic mass is 16.5. The van der Waals surface area contributed by atoms with Gasteiger partial charge < -0.3 is 29.6 Å². The zero-order chi connectivity index (χ0) is 22.2. The number of benzene rings is 1. The molecule has 31 heavy (non-hydrogen) atoms. The molecule has 0 bridgehead atoms. The van der Waals surface area contributed by atoms with Gasteiger partial charge in [0.2, 0.25) is 5.91 Å². The van der Waals surface area contributed by atoms with Gasteiger partial charge in [-0.05, 0) is 24.6 Å². The Morgan fingerprint density at radius 1 is 1.26 bits per heavy atom. The predicted octanol–water partition coefficient (Wildman–Crippen LogP) is -0.594. The minimum atomic E-state index is -1.07. The minimum absolute atomic E-state index is 0.340. The van der Waals surface area contributed by atoms with E-state index in [4.69, 9.17) is 13.9 Å². The zero-order valence-corrected chi connectivity index (χ0v) is 17.4. The molecule has 0 aliphatic carbocycles. The molecular formula is C21H27N3O7. The van der Waals surface area contributed by atoms with Crippen LogP contribution in [0.4, 0.5) is 0 Å². The Kier molecular flexibility index (Phi) is 7.99. The van der Waals surface area contributed by atoms with E-state index in [2.05, 4.69) is 15.5 Å². The first-order valence-corrected chi connectivity index (χ1v) is 10.1. The van der Waals surface area contributed by atoms with E-state index in [1.165, 1.54) is 12.1 Å². The van der Waals surface area contributed by atoms with Crippen molar-refractivity contribution >= 4 is 22.8 Å². The third kappa shape index (κ3) is 6.51. The molecule has 10 nitrogen and oxygen atoms in total. The second-order valence-corrected chi connectivity index (χ2v) is 7.24. The Morgan fingerprint density at radius 2 is 2.03 bits per heavy atom. The van der Waals surface area contributed by atoms with Crippen LogP contribution < -0.4 is 21.0 Å². The Balaban J connectivity index is 1.46. The summed E-state index contributed by atoms with van der Waals surface area (Å²) >= 11 is 0. The number of ether oxygens (including phenoxy) is 2. The fourth-order valence-electron chi connectivity index (χ4n) is 3.26. The normalized spacial score (nSPS) is 15.4. The smallest absolute Gasteiger partial charge is 0.336 e. The minimum Gasteiger partial charge on any atom is -0.484 e. The lowest BCUT2D eigenvalue weighted by Gasteiger charge is -2.26. The molecule has 1 aromatic heterocycles. The lowest BCUT2D eigenvalue weighted by molar-refractivity contribution is -0.131. The summed E-state index contributed by atoms with van der Waals surface area (Å²) in [6.45, 7) is 4.95. The van der Waals surface area contributed by atoms with Crippen LogP contribution in [0.1, 0.15) is 5.56 Å². The van der Waals surface area contributed by atoms with Crippen LogP contribution in [0, 0.1) is 6.92 Å². The molecule has 2 aromatic rings. The number of carbonyl (C=O) groups excluding carboxylic acids is 2. The Bertz CT molecular complexity index is 969. The number of hydrogen-bond donors (Lipinski definition) is 3. The fourth-order valence-corrected chi connectivity index (χ4v) is 3.26. The second kappa shape index (κ2) is 10.9. The topological polar surface area (TPSA) is 130 Å². The Morgan fingerprint density at radius 3 is 2.77 bits per heavy atom. The van der Waals surface area contributed by atoms with Gasteiger partial charge in [-0.15, -0.1) is 0 Å². The second-order valence-electron chi connectivity index (χ2n) is 7.24. The van der Waals surface area contributed by atoms with Crippen LogP contribution in [-0.2, 0) is 14.3 Å². The van der Waals surface area contributed by atoms with Crippen LogP contribution in [0.15, 0.2) is 33.5 Å². The summed E-state index contributed by atoms with van der Waals surface area (Å²) in [6.07, 6.45) is 0. The number of rotatable bonds is 9. The molecule has 1 aliphatic heterocycles. The van der Waals surface area contributed by atoms with Gasteiger partial charge in [-0.25, -0.2) is 4.79 Å². The molecule has 2 amide bonds. The van der Waals surface area contributed by atoms with E-state index in [9.17, 15) is 19.5 Å². The van der Waals surface area contributed by atoms with E-state index in [1.807, 2.05) is 0 Å². The van der Waals surface area contributed by atoms with E-state index >= 15 is 0 Å². The number of aliphatic hydroxyl groups is 1. The lowest BCUT2D eigenvalue weighted by atomic mass is 10.1. The number of morpholine rings is 1. The first kappa shape index (κ1) is 22.7. The number of hydrogen-bond acceptors (Lipinski definition) is 8. The summed E-state index contributed by atoms with van der Waals surface area (Å²) in [6, 6.07) is 5.25. The maximum Gasteiger partial charge on any atom is 0.336 e. The van der Waals surface area contributed by atoms with Crippen LogP contribution in [0.5, 0.6) is 5.75 Å². The highest BCUT2D eigenvalue weighted by Gasteiger charge is 2.20. The first-order chi connectivity index (χ1) is 15.0. The molecular weight excluding hydrogens is 406 g/mol. The molecule has 1 atom stereocenters. The summed E-state index contributed by atoms with van der Waals surface area (Å²) in [4.78, 5) is 38.1. The van der Waals surface area contributed by atoms with Gasteiger partial charge in [0, 0.05) is 43.7 Å². The van der Waals surface area contributed by atoms with Crippen molar-refractivity contribution in [2.45, 2.75) is 13.0 Å². The van der Waals surface area contributed by atoms with Gasteiger partial charge >= 0.3 is 5.63 Å². The van der Waals surface area contributed by atoms with E-state index in [0.29, 0.717) is 37.6 Å². The van der Waals surface area contributed by atoms with E-state index in [0.717, 1.165) is 24.0 Å². The fraction of sp³-hybridized carbons (Fsp3) is 0.476. The van der Waals surface area contributed by atoms with Crippen LogP contribution in [-0.4, -0.2) is 80.5 Å². The molecule has 3 N–H and O–H groups in total. The van der Waals surface area contributed by atoms with Crippen molar-refractivity contribution in [1.29, 1.82) is 0 Å². The third-order valence-electron chi connectivity index (χ3n) is 4.96. The quantitative estimate of drug-likeness (QED) is 0.447. The molecule has 0 saturated carbocycles. The molecule has 0 radical (unpaired) electrons. The van der Waals surface area contributed by atoms with Crippen LogP contribution >= 0.6 is 0 Å². The maximum absolute atomic E-state index is 12.2. The SMILES string of the molecule is Cc1cc(=O)oc2cc(OCC(=O)N[C@@H](CO)C(=O)NCCN3CCOCC3)ccc12. The number of nitrogens with zero attached hydrogens (tertiary/aromatic N) is 1. The number of nitrogens with one attached hydrogen (secondary N) is 2. The van der Waals surface area contributed by atoms with Gasteiger partial charge in [0.1, 0.15) is 17.4 Å². The number of fused-ring (bicyclic) bond motifs is 1. The van der Waals surface area contributed by atoms with Crippen molar-refractivity contribution in [3.05, 3.63) is 40.2 Å². The number of aryl methyl sites for hydroxylation is 1. The first-order valence-electron chi connectivity index (χ1n) is 10.1. The van der Waals surface area contributed by atoms with E-state index < -0.39 is 30.1 Å². The largest absolute Gasteiger partial charge is 0.484 e. The van der Waals surface area contributed by atoms with Crippen molar-refractivity contribution in [2.24, 2.45) is 0 Å². The highest BCUT2D eigenvalue weighted by molar-refractivity contribution is 5.88. The molecule has 2 heterocycles. The average Bonchev–Trinajstić information content (AvgIpc) is 2.76. The number of amides is 2. The predicted molar refractivity (Wildman–Crippen MR) is 112 cm³/mol. The lowest BCUT2D eigenvalue weighted by Crippen LogP contribution is -2.51. The average molecular weight is 433 g/mol. The highest BCUT2D eigenvalue weighted by Crippen LogP contribution is 2.22.